The van der Waals surface area contributed by atoms with Gasteiger partial charge >= 0.3 is 5.97 Å². The molecule has 0 unspecified atom stereocenters. The SMILES string of the molecule is Cc1cc(OCCCn2c(C)c(S(=O)(=O)c3ccc([N+](=O)[O-])cc3)c(C)c2C(=O)O)cc(C)c1Cl. The van der Waals surface area contributed by atoms with Crippen LogP contribution in [0.2, 0.25) is 5.02 Å². The summed E-state index contributed by atoms with van der Waals surface area (Å²) in [5, 5.41) is 21.4. The molecule has 9 nitrogen and oxygen atoms in total. The summed E-state index contributed by atoms with van der Waals surface area (Å²) in [6.07, 6.45) is 0.424. The Morgan fingerprint density at radius 1 is 1.11 bits per heavy atom. The number of aromatic carboxylic acids is 1. The van der Waals surface area contributed by atoms with E-state index in [4.69, 9.17) is 16.3 Å². The van der Waals surface area contributed by atoms with E-state index in [1.54, 1.807) is 6.92 Å². The number of sulfone groups is 1. The van der Waals surface area contributed by atoms with Crippen molar-refractivity contribution in [3.63, 3.8) is 0 Å². The number of hydrogen-bond acceptors (Lipinski definition) is 6. The molecule has 0 bridgehead atoms. The van der Waals surface area contributed by atoms with E-state index in [-0.39, 0.29) is 45.6 Å². The first-order valence-electron chi connectivity index (χ1n) is 10.7. The van der Waals surface area contributed by atoms with Crippen LogP contribution < -0.4 is 4.74 Å². The number of carbonyl (C=O) groups is 1. The second-order valence-corrected chi connectivity index (χ2v) is 10.4. The first kappa shape index (κ1) is 26.2. The molecule has 35 heavy (non-hydrogen) atoms. The molecule has 0 saturated carbocycles. The number of carboxylic acids is 1. The molecule has 3 aromatic rings. The van der Waals surface area contributed by atoms with Crippen LogP contribution in [0.5, 0.6) is 5.75 Å². The van der Waals surface area contributed by atoms with Gasteiger partial charge in [-0.1, -0.05) is 11.6 Å². The number of carboxylic acid groups (broad SMARTS) is 1. The van der Waals surface area contributed by atoms with Gasteiger partial charge in [-0.25, -0.2) is 13.2 Å². The normalized spacial score (nSPS) is 11.5. The minimum Gasteiger partial charge on any atom is -0.494 e. The number of hydrogen-bond donors (Lipinski definition) is 1. The highest BCUT2D eigenvalue weighted by Gasteiger charge is 2.31. The molecular formula is C24H25ClN2O7S. The van der Waals surface area contributed by atoms with Crippen molar-refractivity contribution in [3.8, 4) is 5.75 Å². The van der Waals surface area contributed by atoms with Crippen molar-refractivity contribution < 1.29 is 28.0 Å². The van der Waals surface area contributed by atoms with Gasteiger partial charge in [0.15, 0.2) is 0 Å². The smallest absolute Gasteiger partial charge is 0.352 e. The average Bonchev–Trinajstić information content (AvgIpc) is 3.04. The Hall–Kier alpha value is -3.37. The predicted molar refractivity (Wildman–Crippen MR) is 130 cm³/mol. The van der Waals surface area contributed by atoms with Crippen LogP contribution in [0.1, 0.15) is 39.3 Å². The summed E-state index contributed by atoms with van der Waals surface area (Å²) >= 11 is 6.18. The minimum atomic E-state index is -4.12. The van der Waals surface area contributed by atoms with E-state index in [1.165, 1.54) is 11.5 Å². The van der Waals surface area contributed by atoms with Crippen LogP contribution in [-0.4, -0.2) is 35.6 Å². The fourth-order valence-corrected chi connectivity index (χ4v) is 5.93. The van der Waals surface area contributed by atoms with Gasteiger partial charge in [0.2, 0.25) is 9.84 Å². The standard InChI is InChI=1S/C24H25ClN2O7S/c1-14-12-19(13-15(2)21(14)25)34-11-5-10-26-17(4)23(16(3)22(26)24(28)29)35(32,33)20-8-6-18(7-9-20)27(30)31/h6-9,12-13H,5,10-11H2,1-4H3,(H,28,29). The maximum absolute atomic E-state index is 13.3. The largest absolute Gasteiger partial charge is 0.494 e. The molecule has 186 valence electrons. The lowest BCUT2D eigenvalue weighted by atomic mass is 10.1. The van der Waals surface area contributed by atoms with Gasteiger partial charge in [-0.05, 0) is 69.5 Å². The summed E-state index contributed by atoms with van der Waals surface area (Å²) in [5.41, 5.74) is 1.78. The summed E-state index contributed by atoms with van der Waals surface area (Å²) in [6, 6.07) is 8.13. The van der Waals surface area contributed by atoms with Crippen LogP contribution >= 0.6 is 11.6 Å². The fraction of sp³-hybridized carbons (Fsp3) is 0.292. The lowest BCUT2D eigenvalue weighted by molar-refractivity contribution is -0.384. The van der Waals surface area contributed by atoms with Gasteiger partial charge in [0.05, 0.1) is 21.3 Å². The number of nitrogens with zero attached hydrogens (tertiary/aromatic N) is 2. The maximum Gasteiger partial charge on any atom is 0.352 e. The molecule has 3 rings (SSSR count). The molecule has 0 spiro atoms. The molecular weight excluding hydrogens is 496 g/mol. The Morgan fingerprint density at radius 3 is 2.20 bits per heavy atom. The van der Waals surface area contributed by atoms with E-state index < -0.39 is 20.7 Å². The third-order valence-electron chi connectivity index (χ3n) is 5.73. The number of benzene rings is 2. The van der Waals surface area contributed by atoms with Crippen LogP contribution in [-0.2, 0) is 16.4 Å². The predicted octanol–water partition coefficient (Wildman–Crippen LogP) is 5.28. The number of aromatic nitrogens is 1. The van der Waals surface area contributed by atoms with Gasteiger partial charge < -0.3 is 14.4 Å². The van der Waals surface area contributed by atoms with E-state index in [9.17, 15) is 28.4 Å². The Balaban J connectivity index is 1.88. The zero-order valence-electron chi connectivity index (χ0n) is 19.7. The number of non-ortho nitro benzene ring substituents is 1. The second-order valence-electron chi connectivity index (χ2n) is 8.17. The summed E-state index contributed by atoms with van der Waals surface area (Å²) in [4.78, 5) is 22.0. The van der Waals surface area contributed by atoms with Crippen molar-refractivity contribution in [1.29, 1.82) is 0 Å². The van der Waals surface area contributed by atoms with Gasteiger partial charge in [0.25, 0.3) is 5.69 Å². The van der Waals surface area contributed by atoms with E-state index in [1.807, 2.05) is 26.0 Å². The van der Waals surface area contributed by atoms with Gasteiger partial charge in [-0.15, -0.1) is 0 Å². The first-order valence-corrected chi connectivity index (χ1v) is 12.5. The van der Waals surface area contributed by atoms with E-state index >= 15 is 0 Å². The third kappa shape index (κ3) is 5.18. The molecule has 0 fully saturated rings. The molecule has 2 aromatic carbocycles. The number of nitro benzene ring substituents is 1. The minimum absolute atomic E-state index is 0.109. The zero-order chi connectivity index (χ0) is 26.1. The maximum atomic E-state index is 13.3. The highest BCUT2D eigenvalue weighted by atomic mass is 35.5. The summed E-state index contributed by atoms with van der Waals surface area (Å²) < 4.78 is 33.9. The molecule has 0 aliphatic heterocycles. The summed E-state index contributed by atoms with van der Waals surface area (Å²) in [6.45, 7) is 7.24. The highest BCUT2D eigenvalue weighted by Crippen LogP contribution is 2.33. The molecule has 1 N–H and O–H groups in total. The molecule has 0 aliphatic rings. The average molecular weight is 521 g/mol. The van der Waals surface area contributed by atoms with Crippen LogP contribution in [0.4, 0.5) is 5.69 Å². The van der Waals surface area contributed by atoms with E-state index in [2.05, 4.69) is 0 Å². The Kier molecular flexibility index (Phi) is 7.56. The van der Waals surface area contributed by atoms with Crippen LogP contribution in [0.25, 0.3) is 0 Å². The third-order valence-corrected chi connectivity index (χ3v) is 8.36. The van der Waals surface area contributed by atoms with Crippen LogP contribution in [0.3, 0.4) is 0 Å². The van der Waals surface area contributed by atoms with Gasteiger partial charge in [-0.2, -0.15) is 0 Å². The van der Waals surface area contributed by atoms with E-state index in [0.29, 0.717) is 17.2 Å². The Morgan fingerprint density at radius 2 is 1.69 bits per heavy atom. The molecule has 0 radical (unpaired) electrons. The Bertz CT molecular complexity index is 1390. The fourth-order valence-electron chi connectivity index (χ4n) is 4.09. The summed E-state index contributed by atoms with van der Waals surface area (Å²) in [7, 11) is -4.12. The molecule has 0 aliphatic carbocycles. The summed E-state index contributed by atoms with van der Waals surface area (Å²) in [5.74, 6) is -0.606. The first-order chi connectivity index (χ1) is 16.4. The number of halogens is 1. The molecule has 0 amide bonds. The lowest BCUT2D eigenvalue weighted by Crippen LogP contribution is -2.13. The molecule has 11 heteroatoms. The number of rotatable bonds is 9. The monoisotopic (exact) mass is 520 g/mol. The molecule has 1 aromatic heterocycles. The van der Waals surface area contributed by atoms with Crippen LogP contribution in [0, 0.1) is 37.8 Å². The zero-order valence-corrected chi connectivity index (χ0v) is 21.2. The van der Waals surface area contributed by atoms with Crippen molar-refractivity contribution in [2.75, 3.05) is 6.61 Å². The van der Waals surface area contributed by atoms with E-state index in [0.717, 1.165) is 35.4 Å². The van der Waals surface area contributed by atoms with Gasteiger partial charge in [0.1, 0.15) is 11.4 Å². The number of aryl methyl sites for hydroxylation is 2. The van der Waals surface area contributed by atoms with Crippen molar-refractivity contribution in [3.05, 3.63) is 79.6 Å². The molecule has 0 atom stereocenters. The van der Waals surface area contributed by atoms with Crippen molar-refractivity contribution >= 4 is 33.1 Å². The molecule has 1 heterocycles. The number of ether oxygens (including phenoxy) is 1. The quantitative estimate of drug-likeness (QED) is 0.231. The second kappa shape index (κ2) is 10.1. The van der Waals surface area contributed by atoms with Crippen molar-refractivity contribution in [2.24, 2.45) is 0 Å². The van der Waals surface area contributed by atoms with Gasteiger partial charge in [-0.3, -0.25) is 10.1 Å². The Labute approximate surface area is 208 Å². The van der Waals surface area contributed by atoms with Crippen molar-refractivity contribution in [2.45, 2.75) is 50.5 Å². The topological polar surface area (TPSA) is 129 Å². The number of nitro groups is 1. The lowest BCUT2D eigenvalue weighted by Gasteiger charge is -2.12. The van der Waals surface area contributed by atoms with Gasteiger partial charge in [0, 0.05) is 35.0 Å². The van der Waals surface area contributed by atoms with Crippen molar-refractivity contribution in [1.82, 2.24) is 4.57 Å². The van der Waals surface area contributed by atoms with Crippen LogP contribution in [0.15, 0.2) is 46.2 Å². The highest BCUT2D eigenvalue weighted by molar-refractivity contribution is 7.91. The molecule has 0 saturated heterocycles.